The Morgan fingerprint density at radius 2 is 1.94 bits per heavy atom. The summed E-state index contributed by atoms with van der Waals surface area (Å²) in [6, 6.07) is 7.56. The van der Waals surface area contributed by atoms with Gasteiger partial charge >= 0.3 is 0 Å². The molecule has 34 heavy (non-hydrogen) atoms. The maximum Gasteiger partial charge on any atom is 0.179 e. The van der Waals surface area contributed by atoms with Crippen LogP contribution in [0.3, 0.4) is 0 Å². The Balaban J connectivity index is 1.16. The molecule has 180 valence electrons. The van der Waals surface area contributed by atoms with Crippen molar-refractivity contribution in [1.29, 1.82) is 0 Å². The molecule has 9 heteroatoms. The van der Waals surface area contributed by atoms with Crippen molar-refractivity contribution < 1.29 is 23.7 Å². The van der Waals surface area contributed by atoms with Crippen molar-refractivity contribution in [1.82, 2.24) is 20.2 Å². The van der Waals surface area contributed by atoms with Gasteiger partial charge in [-0.05, 0) is 44.1 Å². The number of aliphatic hydroxyl groups excluding tert-OH is 1. The van der Waals surface area contributed by atoms with Crippen LogP contribution in [0.15, 0.2) is 36.7 Å². The van der Waals surface area contributed by atoms with Crippen LogP contribution in [0, 0.1) is 5.82 Å². The van der Waals surface area contributed by atoms with Gasteiger partial charge in [-0.15, -0.1) is 0 Å². The first kappa shape index (κ1) is 22.8. The summed E-state index contributed by atoms with van der Waals surface area (Å²) in [4.78, 5) is 10.8. The van der Waals surface area contributed by atoms with Crippen molar-refractivity contribution in [3.63, 3.8) is 0 Å². The van der Waals surface area contributed by atoms with Crippen LogP contribution in [0.1, 0.15) is 30.2 Å². The Bertz CT molecular complexity index is 1150. The summed E-state index contributed by atoms with van der Waals surface area (Å²) in [7, 11) is 1.56. The molecule has 1 aromatic carbocycles. The zero-order chi connectivity index (χ0) is 23.5. The van der Waals surface area contributed by atoms with E-state index in [1.54, 1.807) is 31.5 Å². The Hall–Kier alpha value is -3.01. The molecular weight excluding hydrogens is 439 g/mol. The molecule has 5 rings (SSSR count). The maximum atomic E-state index is 14.7. The third kappa shape index (κ3) is 4.91. The van der Waals surface area contributed by atoms with Gasteiger partial charge in [0.05, 0.1) is 36.8 Å². The molecule has 1 fully saturated rings. The zero-order valence-corrected chi connectivity index (χ0v) is 19.2. The normalized spacial score (nSPS) is 17.6. The highest BCUT2D eigenvalue weighted by molar-refractivity contribution is 5.84. The number of ether oxygens (including phenoxy) is 3. The molecule has 0 unspecified atom stereocenters. The zero-order valence-electron chi connectivity index (χ0n) is 19.2. The van der Waals surface area contributed by atoms with Crippen molar-refractivity contribution in [3.8, 4) is 17.2 Å². The predicted molar refractivity (Wildman–Crippen MR) is 125 cm³/mol. The van der Waals surface area contributed by atoms with Crippen LogP contribution in [0.4, 0.5) is 4.39 Å². The third-order valence-corrected chi connectivity index (χ3v) is 6.48. The highest BCUT2D eigenvalue weighted by Crippen LogP contribution is 2.31. The Labute approximate surface area is 197 Å². The van der Waals surface area contributed by atoms with Gasteiger partial charge in [0.25, 0.3) is 0 Å². The van der Waals surface area contributed by atoms with Crippen molar-refractivity contribution >= 4 is 10.9 Å². The number of methoxy groups -OCH3 is 1. The van der Waals surface area contributed by atoms with E-state index >= 15 is 0 Å². The molecule has 0 bridgehead atoms. The fourth-order valence-electron chi connectivity index (χ4n) is 4.62. The number of likely N-dealkylation sites (tertiary alicyclic amines) is 1. The van der Waals surface area contributed by atoms with Crippen molar-refractivity contribution in [3.05, 3.63) is 53.7 Å². The molecule has 0 aliphatic carbocycles. The fraction of sp³-hybridized carbons (Fsp3) is 0.440. The lowest BCUT2D eigenvalue weighted by molar-refractivity contribution is 0.0925. The van der Waals surface area contributed by atoms with Gasteiger partial charge in [-0.3, -0.25) is 9.97 Å². The lowest BCUT2D eigenvalue weighted by atomic mass is 10.0. The number of rotatable bonds is 7. The minimum absolute atomic E-state index is 0.272. The van der Waals surface area contributed by atoms with Gasteiger partial charge in [-0.25, -0.2) is 4.39 Å². The number of halogens is 1. The van der Waals surface area contributed by atoms with E-state index in [2.05, 4.69) is 20.2 Å². The quantitative estimate of drug-likeness (QED) is 0.547. The summed E-state index contributed by atoms with van der Waals surface area (Å²) in [6.45, 7) is 3.76. The molecule has 2 aliphatic heterocycles. The fourth-order valence-corrected chi connectivity index (χ4v) is 4.62. The van der Waals surface area contributed by atoms with E-state index in [0.717, 1.165) is 37.4 Å². The molecule has 8 nitrogen and oxygen atoms in total. The second kappa shape index (κ2) is 10.1. The molecule has 1 saturated heterocycles. The van der Waals surface area contributed by atoms with Crippen LogP contribution in [-0.2, 0) is 6.54 Å². The summed E-state index contributed by atoms with van der Waals surface area (Å²) in [5.74, 6) is 1.54. The largest absolute Gasteiger partial charge is 0.497 e. The average molecular weight is 469 g/mol. The Morgan fingerprint density at radius 3 is 2.74 bits per heavy atom. The highest BCUT2D eigenvalue weighted by atomic mass is 19.1. The predicted octanol–water partition coefficient (Wildman–Crippen LogP) is 2.84. The molecule has 2 N–H and O–H groups in total. The lowest BCUT2D eigenvalue weighted by Crippen LogP contribution is -2.43. The van der Waals surface area contributed by atoms with Crippen LogP contribution in [0.2, 0.25) is 0 Å². The topological polar surface area (TPSA) is 89.0 Å². The number of nitrogens with zero attached hydrogens (tertiary/aromatic N) is 3. The van der Waals surface area contributed by atoms with E-state index in [1.807, 2.05) is 6.07 Å². The van der Waals surface area contributed by atoms with Gasteiger partial charge in [-0.1, -0.05) is 0 Å². The molecule has 2 aromatic heterocycles. The molecule has 3 aromatic rings. The van der Waals surface area contributed by atoms with Gasteiger partial charge in [0.1, 0.15) is 24.8 Å². The van der Waals surface area contributed by atoms with Crippen LogP contribution in [0.5, 0.6) is 17.2 Å². The minimum Gasteiger partial charge on any atom is -0.497 e. The number of benzene rings is 1. The summed E-state index contributed by atoms with van der Waals surface area (Å²) in [5, 5.41) is 15.1. The van der Waals surface area contributed by atoms with E-state index in [1.165, 1.54) is 6.20 Å². The number of hydrogen-bond donors (Lipinski definition) is 2. The Morgan fingerprint density at radius 1 is 1.15 bits per heavy atom. The van der Waals surface area contributed by atoms with Crippen LogP contribution >= 0.6 is 0 Å². The van der Waals surface area contributed by atoms with E-state index in [4.69, 9.17) is 14.2 Å². The van der Waals surface area contributed by atoms with E-state index < -0.39 is 11.9 Å². The maximum absolute atomic E-state index is 14.7. The van der Waals surface area contributed by atoms with Crippen molar-refractivity contribution in [2.45, 2.75) is 31.5 Å². The van der Waals surface area contributed by atoms with Gasteiger partial charge in [0.15, 0.2) is 11.5 Å². The van der Waals surface area contributed by atoms with Gasteiger partial charge in [0.2, 0.25) is 0 Å². The molecule has 0 amide bonds. The number of nitrogens with one attached hydrogen (secondary N) is 1. The number of piperidine rings is 1. The van der Waals surface area contributed by atoms with E-state index in [-0.39, 0.29) is 5.56 Å². The number of β-amino-alcohol motifs (C(OH)–C–C–N with tert-alkyl or cyclic N) is 1. The van der Waals surface area contributed by atoms with Crippen LogP contribution in [0.25, 0.3) is 10.9 Å². The van der Waals surface area contributed by atoms with Gasteiger partial charge in [-0.2, -0.15) is 0 Å². The van der Waals surface area contributed by atoms with E-state index in [0.29, 0.717) is 54.7 Å². The second-order valence-corrected chi connectivity index (χ2v) is 8.69. The van der Waals surface area contributed by atoms with Crippen LogP contribution in [-0.4, -0.2) is 66.0 Å². The summed E-state index contributed by atoms with van der Waals surface area (Å²) < 4.78 is 31.1. The summed E-state index contributed by atoms with van der Waals surface area (Å²) >= 11 is 0. The molecule has 1 atom stereocenters. The first-order valence-corrected chi connectivity index (χ1v) is 11.6. The minimum atomic E-state index is -0.955. The molecule has 2 aliphatic rings. The third-order valence-electron chi connectivity index (χ3n) is 6.48. The number of pyridine rings is 2. The van der Waals surface area contributed by atoms with Crippen molar-refractivity contribution in [2.75, 3.05) is 40.0 Å². The smallest absolute Gasteiger partial charge is 0.179 e. The number of aromatic nitrogens is 2. The molecule has 0 saturated carbocycles. The Kier molecular flexibility index (Phi) is 6.75. The van der Waals surface area contributed by atoms with Gasteiger partial charge in [0, 0.05) is 36.1 Å². The first-order chi connectivity index (χ1) is 16.6. The van der Waals surface area contributed by atoms with Crippen molar-refractivity contribution in [2.24, 2.45) is 0 Å². The molecule has 4 heterocycles. The summed E-state index contributed by atoms with van der Waals surface area (Å²) in [5.41, 5.74) is 1.82. The summed E-state index contributed by atoms with van der Waals surface area (Å²) in [6.07, 6.45) is 3.81. The first-order valence-electron chi connectivity index (χ1n) is 11.6. The average Bonchev–Trinajstić information content (AvgIpc) is 2.87. The monoisotopic (exact) mass is 468 g/mol. The van der Waals surface area contributed by atoms with Gasteiger partial charge < -0.3 is 29.5 Å². The molecule has 0 spiro atoms. The van der Waals surface area contributed by atoms with Crippen LogP contribution < -0.4 is 19.5 Å². The lowest BCUT2D eigenvalue weighted by Gasteiger charge is -2.33. The van der Waals surface area contributed by atoms with E-state index in [9.17, 15) is 9.50 Å². The number of fused-ring (bicyclic) bond motifs is 2. The highest BCUT2D eigenvalue weighted by Gasteiger charge is 2.24. The second-order valence-electron chi connectivity index (χ2n) is 8.69. The number of aliphatic hydroxyl groups is 1. The molecule has 0 radical (unpaired) electrons. The number of hydrogen-bond acceptors (Lipinski definition) is 8. The standard InChI is InChI=1S/C25H29FN4O4/c1-32-18-2-3-21-19(11-18)25(20(26)13-29-21)22(31)15-30-6-4-16(5-7-30)27-12-17-10-23-24(14-28-17)34-9-8-33-23/h2-3,10-11,13-14,16,22,27,31H,4-9,12,15H2,1H3/t22-/m0/s1. The molecular formula is C25H29FN4O4. The SMILES string of the molecule is COc1ccc2ncc(F)c([C@@H](O)CN3CCC(NCc4cc5c(cn4)OCCO5)CC3)c2c1.